The zero-order valence-electron chi connectivity index (χ0n) is 10.5. The second kappa shape index (κ2) is 6.83. The molecule has 0 saturated carbocycles. The van der Waals surface area contributed by atoms with Crippen LogP contribution in [0.15, 0.2) is 24.3 Å². The number of nitrogens with two attached hydrogens (primary N) is 1. The minimum absolute atomic E-state index is 0.0569. The van der Waals surface area contributed by atoms with Crippen LogP contribution in [-0.4, -0.2) is 33.4 Å². The molecule has 106 valence electrons. The van der Waals surface area contributed by atoms with Gasteiger partial charge in [-0.3, -0.25) is 0 Å². The number of nitrogen functional groups attached to an aromatic ring is 1. The molecule has 1 aromatic rings. The van der Waals surface area contributed by atoms with Crippen LogP contribution in [-0.2, 0) is 10.0 Å². The molecule has 0 aliphatic heterocycles. The lowest BCUT2D eigenvalue weighted by molar-refractivity contribution is 0.246. The quantitative estimate of drug-likeness (QED) is 0.652. The predicted molar refractivity (Wildman–Crippen MR) is 72.3 cm³/mol. The number of hydrogen-bond donors (Lipinski definition) is 3. The van der Waals surface area contributed by atoms with Gasteiger partial charge in [-0.2, -0.15) is 0 Å². The highest BCUT2D eigenvalue weighted by molar-refractivity contribution is 7.90. The lowest BCUT2D eigenvalue weighted by Crippen LogP contribution is -2.41. The van der Waals surface area contributed by atoms with Crippen molar-refractivity contribution in [1.82, 2.24) is 10.0 Å². The van der Waals surface area contributed by atoms with Gasteiger partial charge in [0, 0.05) is 12.2 Å². The molecule has 8 heteroatoms. The Morgan fingerprint density at radius 2 is 1.95 bits per heavy atom. The molecule has 0 unspecified atom stereocenters. The molecule has 0 atom stereocenters. The molecule has 0 spiro atoms. The topological polar surface area (TPSA) is 111 Å². The normalized spacial score (nSPS) is 10.8. The fraction of sp³-hybridized carbons (Fsp3) is 0.364. The van der Waals surface area contributed by atoms with Gasteiger partial charge in [-0.1, -0.05) is 0 Å². The summed E-state index contributed by atoms with van der Waals surface area (Å²) in [6.07, 6.45) is 0. The number of urea groups is 1. The molecule has 7 nitrogen and oxygen atoms in total. The van der Waals surface area contributed by atoms with Gasteiger partial charge in [0.1, 0.15) is 18.1 Å². The average molecular weight is 287 g/mol. The SMILES string of the molecule is CCNC(=O)NS(=O)(=O)CCOc1ccc(N)cc1. The summed E-state index contributed by atoms with van der Waals surface area (Å²) in [5.74, 6) is 0.205. The third-order valence-corrected chi connectivity index (χ3v) is 3.29. The minimum atomic E-state index is -3.69. The van der Waals surface area contributed by atoms with Gasteiger partial charge in [0.25, 0.3) is 0 Å². The molecule has 4 N–H and O–H groups in total. The van der Waals surface area contributed by atoms with Crippen LogP contribution in [0.25, 0.3) is 0 Å². The van der Waals surface area contributed by atoms with Crippen LogP contribution >= 0.6 is 0 Å². The monoisotopic (exact) mass is 287 g/mol. The van der Waals surface area contributed by atoms with E-state index in [0.29, 0.717) is 18.0 Å². The molecular formula is C11H17N3O4S. The van der Waals surface area contributed by atoms with E-state index in [0.717, 1.165) is 0 Å². The van der Waals surface area contributed by atoms with Crippen molar-refractivity contribution in [3.63, 3.8) is 0 Å². The highest BCUT2D eigenvalue weighted by atomic mass is 32.2. The Hall–Kier alpha value is -1.96. The molecule has 0 aliphatic carbocycles. The summed E-state index contributed by atoms with van der Waals surface area (Å²) >= 11 is 0. The van der Waals surface area contributed by atoms with Crippen molar-refractivity contribution < 1.29 is 17.9 Å². The van der Waals surface area contributed by atoms with Crippen molar-refractivity contribution in [2.75, 3.05) is 24.6 Å². The zero-order valence-corrected chi connectivity index (χ0v) is 11.4. The van der Waals surface area contributed by atoms with Gasteiger partial charge in [-0.25, -0.2) is 17.9 Å². The average Bonchev–Trinajstić information content (AvgIpc) is 2.31. The van der Waals surface area contributed by atoms with Crippen LogP contribution < -0.4 is 20.5 Å². The van der Waals surface area contributed by atoms with E-state index >= 15 is 0 Å². The molecular weight excluding hydrogens is 270 g/mol. The van der Waals surface area contributed by atoms with Crippen LogP contribution in [0.5, 0.6) is 5.75 Å². The van der Waals surface area contributed by atoms with Gasteiger partial charge in [0.15, 0.2) is 0 Å². The first-order chi connectivity index (χ1) is 8.93. The van der Waals surface area contributed by atoms with Crippen LogP contribution in [0.1, 0.15) is 6.92 Å². The second-order valence-electron chi connectivity index (χ2n) is 3.70. The molecule has 0 saturated heterocycles. The third-order valence-electron chi connectivity index (χ3n) is 2.09. The maximum absolute atomic E-state index is 11.5. The predicted octanol–water partition coefficient (Wildman–Crippen LogP) is 0.297. The Bertz CT molecular complexity index is 513. The summed E-state index contributed by atoms with van der Waals surface area (Å²) in [4.78, 5) is 11.1. The van der Waals surface area contributed by atoms with Gasteiger partial charge in [-0.05, 0) is 31.2 Å². The number of carbonyl (C=O) groups excluding carboxylic acids is 1. The van der Waals surface area contributed by atoms with Gasteiger partial charge >= 0.3 is 6.03 Å². The lowest BCUT2D eigenvalue weighted by atomic mass is 10.3. The standard InChI is InChI=1S/C11H17N3O4S/c1-2-13-11(15)14-19(16,17)8-7-18-10-5-3-9(12)4-6-10/h3-6H,2,7-8,12H2,1H3,(H2,13,14,15). The molecule has 0 heterocycles. The zero-order chi connectivity index (χ0) is 14.3. The molecule has 0 bridgehead atoms. The van der Waals surface area contributed by atoms with E-state index in [1.54, 1.807) is 31.2 Å². The van der Waals surface area contributed by atoms with E-state index in [4.69, 9.17) is 10.5 Å². The summed E-state index contributed by atoms with van der Waals surface area (Å²) in [7, 11) is -3.69. The number of ether oxygens (including phenoxy) is 1. The largest absolute Gasteiger partial charge is 0.492 e. The Balaban J connectivity index is 2.39. The Morgan fingerprint density at radius 1 is 1.32 bits per heavy atom. The smallest absolute Gasteiger partial charge is 0.328 e. The first-order valence-electron chi connectivity index (χ1n) is 5.69. The number of amides is 2. The van der Waals surface area contributed by atoms with E-state index in [1.165, 1.54) is 0 Å². The Labute approximate surface area is 112 Å². The van der Waals surface area contributed by atoms with Crippen molar-refractivity contribution in [3.8, 4) is 5.75 Å². The van der Waals surface area contributed by atoms with Crippen LogP contribution in [0.3, 0.4) is 0 Å². The maximum atomic E-state index is 11.5. The van der Waals surface area contributed by atoms with E-state index < -0.39 is 16.1 Å². The fourth-order valence-electron chi connectivity index (χ4n) is 1.22. The third kappa shape index (κ3) is 5.96. The number of nitrogens with one attached hydrogen (secondary N) is 2. The summed E-state index contributed by atoms with van der Waals surface area (Å²) < 4.78 is 30.1. The van der Waals surface area contributed by atoms with Gasteiger partial charge in [-0.15, -0.1) is 0 Å². The fourth-order valence-corrected chi connectivity index (χ4v) is 1.98. The highest BCUT2D eigenvalue weighted by Crippen LogP contribution is 2.12. The molecule has 0 aromatic heterocycles. The molecule has 19 heavy (non-hydrogen) atoms. The molecule has 0 fully saturated rings. The van der Waals surface area contributed by atoms with E-state index in [1.807, 2.05) is 4.72 Å². The van der Waals surface area contributed by atoms with Gasteiger partial charge in [0.2, 0.25) is 10.0 Å². The lowest BCUT2D eigenvalue weighted by Gasteiger charge is -2.08. The number of sulfonamides is 1. The van der Waals surface area contributed by atoms with Crippen LogP contribution in [0.2, 0.25) is 0 Å². The van der Waals surface area contributed by atoms with E-state index in [2.05, 4.69) is 5.32 Å². The summed E-state index contributed by atoms with van der Waals surface area (Å²) in [6, 6.07) is 5.83. The van der Waals surface area contributed by atoms with Crippen molar-refractivity contribution in [2.24, 2.45) is 0 Å². The number of hydrogen-bond acceptors (Lipinski definition) is 5. The molecule has 0 aliphatic rings. The number of rotatable bonds is 6. The molecule has 0 radical (unpaired) electrons. The van der Waals surface area contributed by atoms with Crippen molar-refractivity contribution in [3.05, 3.63) is 24.3 Å². The summed E-state index contributed by atoms with van der Waals surface area (Å²) in [5, 5.41) is 2.33. The number of carbonyl (C=O) groups is 1. The second-order valence-corrected chi connectivity index (χ2v) is 5.54. The van der Waals surface area contributed by atoms with Crippen LogP contribution in [0.4, 0.5) is 10.5 Å². The molecule has 1 rings (SSSR count). The van der Waals surface area contributed by atoms with Crippen LogP contribution in [0, 0.1) is 0 Å². The maximum Gasteiger partial charge on any atom is 0.328 e. The minimum Gasteiger partial charge on any atom is -0.492 e. The Kier molecular flexibility index (Phi) is 5.43. The van der Waals surface area contributed by atoms with E-state index in [-0.39, 0.29) is 12.4 Å². The Morgan fingerprint density at radius 3 is 2.53 bits per heavy atom. The van der Waals surface area contributed by atoms with Gasteiger partial charge < -0.3 is 15.8 Å². The van der Waals surface area contributed by atoms with E-state index in [9.17, 15) is 13.2 Å². The first kappa shape index (κ1) is 15.1. The summed E-state index contributed by atoms with van der Waals surface area (Å²) in [6.45, 7) is 1.98. The molecule has 2 amide bonds. The van der Waals surface area contributed by atoms with Crippen molar-refractivity contribution >= 4 is 21.7 Å². The van der Waals surface area contributed by atoms with Crippen molar-refractivity contribution in [2.45, 2.75) is 6.92 Å². The van der Waals surface area contributed by atoms with Gasteiger partial charge in [0.05, 0.1) is 0 Å². The first-order valence-corrected chi connectivity index (χ1v) is 7.35. The molecule has 1 aromatic carbocycles. The number of anilines is 1. The van der Waals surface area contributed by atoms with Crippen molar-refractivity contribution in [1.29, 1.82) is 0 Å². The highest BCUT2D eigenvalue weighted by Gasteiger charge is 2.13. The number of benzene rings is 1. The summed E-state index contributed by atoms with van der Waals surface area (Å²) in [5.41, 5.74) is 6.10.